The van der Waals surface area contributed by atoms with Crippen molar-refractivity contribution in [2.24, 2.45) is 5.41 Å². The number of rotatable bonds is 6. The highest BCUT2D eigenvalue weighted by Gasteiger charge is 2.34. The number of hydrogen-bond donors (Lipinski definition) is 1. The van der Waals surface area contributed by atoms with E-state index in [0.717, 1.165) is 30.0 Å². The first-order valence-corrected chi connectivity index (χ1v) is 10.7. The van der Waals surface area contributed by atoms with Gasteiger partial charge in [0, 0.05) is 44.6 Å². The van der Waals surface area contributed by atoms with E-state index in [1.807, 2.05) is 12.1 Å². The Morgan fingerprint density at radius 1 is 1.10 bits per heavy atom. The zero-order valence-corrected chi connectivity index (χ0v) is 18.7. The molecule has 1 N–H and O–H groups in total. The minimum absolute atomic E-state index is 0.0542. The number of methoxy groups -OCH3 is 1. The Balaban J connectivity index is 1.76. The van der Waals surface area contributed by atoms with Gasteiger partial charge >= 0.3 is 0 Å². The summed E-state index contributed by atoms with van der Waals surface area (Å²) >= 11 is 0. The van der Waals surface area contributed by atoms with E-state index in [9.17, 15) is 13.6 Å². The molecule has 31 heavy (non-hydrogen) atoms. The highest BCUT2D eigenvalue weighted by Crippen LogP contribution is 2.35. The summed E-state index contributed by atoms with van der Waals surface area (Å²) in [5, 5.41) is 2.64. The molecule has 0 aliphatic carbocycles. The second-order valence-corrected chi connectivity index (χ2v) is 9.13. The number of hydrogen-bond acceptors (Lipinski definition) is 3. The van der Waals surface area contributed by atoms with E-state index >= 15 is 0 Å². The SMILES string of the molecule is COC1(c2ccc(CCc3cc(F)cc(F)c3NC(=O)C(C)(C)C)cc2)CCOCC1. The number of anilines is 1. The molecule has 0 aromatic heterocycles. The van der Waals surface area contributed by atoms with E-state index in [2.05, 4.69) is 17.4 Å². The van der Waals surface area contributed by atoms with Gasteiger partial charge in [-0.25, -0.2) is 8.78 Å². The van der Waals surface area contributed by atoms with Gasteiger partial charge in [0.25, 0.3) is 0 Å². The molecular weight excluding hydrogens is 400 g/mol. The van der Waals surface area contributed by atoms with Crippen LogP contribution in [0.4, 0.5) is 14.5 Å². The van der Waals surface area contributed by atoms with Crippen LogP contribution in [0.25, 0.3) is 0 Å². The van der Waals surface area contributed by atoms with Crippen molar-refractivity contribution in [2.45, 2.75) is 52.1 Å². The van der Waals surface area contributed by atoms with Gasteiger partial charge in [0.05, 0.1) is 11.3 Å². The average molecular weight is 432 g/mol. The zero-order chi connectivity index (χ0) is 22.6. The van der Waals surface area contributed by atoms with Gasteiger partial charge in [-0.2, -0.15) is 0 Å². The molecule has 2 aromatic carbocycles. The largest absolute Gasteiger partial charge is 0.381 e. The van der Waals surface area contributed by atoms with Crippen LogP contribution in [0.5, 0.6) is 0 Å². The molecule has 6 heteroatoms. The summed E-state index contributed by atoms with van der Waals surface area (Å²) in [6.45, 7) is 6.58. The standard InChI is InChI=1S/C25H31F2NO3/c1-24(2,3)23(29)28-22-18(15-20(26)16-21(22)27)8-5-17-6-9-19(10-7-17)25(30-4)11-13-31-14-12-25/h6-7,9-10,15-16H,5,8,11-14H2,1-4H3,(H,28,29). The topological polar surface area (TPSA) is 47.6 Å². The molecule has 0 saturated carbocycles. The third kappa shape index (κ3) is 5.49. The second-order valence-electron chi connectivity index (χ2n) is 9.13. The first-order valence-electron chi connectivity index (χ1n) is 10.7. The van der Waals surface area contributed by atoms with E-state index in [-0.39, 0.29) is 17.2 Å². The first-order chi connectivity index (χ1) is 14.6. The summed E-state index contributed by atoms with van der Waals surface area (Å²) < 4.78 is 39.6. The quantitative estimate of drug-likeness (QED) is 0.667. The summed E-state index contributed by atoms with van der Waals surface area (Å²) in [7, 11) is 1.73. The fraction of sp³-hybridized carbons (Fsp3) is 0.480. The number of carbonyl (C=O) groups is 1. The minimum Gasteiger partial charge on any atom is -0.381 e. The van der Waals surface area contributed by atoms with Crippen molar-refractivity contribution in [1.29, 1.82) is 0 Å². The average Bonchev–Trinajstić information content (AvgIpc) is 2.74. The fourth-order valence-electron chi connectivity index (χ4n) is 3.83. The van der Waals surface area contributed by atoms with E-state index in [1.54, 1.807) is 27.9 Å². The van der Waals surface area contributed by atoms with Crippen molar-refractivity contribution in [3.05, 3.63) is 64.7 Å². The van der Waals surface area contributed by atoms with Gasteiger partial charge in [-0.3, -0.25) is 4.79 Å². The predicted molar refractivity (Wildman–Crippen MR) is 117 cm³/mol. The minimum atomic E-state index is -0.760. The number of benzene rings is 2. The van der Waals surface area contributed by atoms with Crippen LogP contribution in [0.3, 0.4) is 0 Å². The molecule has 1 heterocycles. The van der Waals surface area contributed by atoms with Crippen LogP contribution >= 0.6 is 0 Å². The van der Waals surface area contributed by atoms with Crippen molar-refractivity contribution < 1.29 is 23.0 Å². The number of halogens is 2. The lowest BCUT2D eigenvalue weighted by Gasteiger charge is -2.36. The van der Waals surface area contributed by atoms with Crippen molar-refractivity contribution in [2.75, 3.05) is 25.6 Å². The maximum absolute atomic E-state index is 14.4. The predicted octanol–water partition coefficient (Wildman–Crippen LogP) is 5.39. The Morgan fingerprint density at radius 2 is 1.74 bits per heavy atom. The van der Waals surface area contributed by atoms with Crippen molar-refractivity contribution in [1.82, 2.24) is 0 Å². The van der Waals surface area contributed by atoms with Gasteiger partial charge in [-0.1, -0.05) is 45.0 Å². The van der Waals surface area contributed by atoms with Gasteiger partial charge in [0.2, 0.25) is 5.91 Å². The Kier molecular flexibility index (Phi) is 7.12. The number of nitrogens with one attached hydrogen (secondary N) is 1. The number of ether oxygens (including phenoxy) is 2. The maximum Gasteiger partial charge on any atom is 0.229 e. The van der Waals surface area contributed by atoms with Crippen molar-refractivity contribution in [3.63, 3.8) is 0 Å². The molecular formula is C25H31F2NO3. The maximum atomic E-state index is 14.4. The third-order valence-electron chi connectivity index (χ3n) is 5.91. The second kappa shape index (κ2) is 9.45. The smallest absolute Gasteiger partial charge is 0.229 e. The molecule has 1 fully saturated rings. The summed E-state index contributed by atoms with van der Waals surface area (Å²) in [6.07, 6.45) is 2.60. The highest BCUT2D eigenvalue weighted by atomic mass is 19.1. The normalized spacial score (nSPS) is 16.2. The molecule has 2 aromatic rings. The lowest BCUT2D eigenvalue weighted by molar-refractivity contribution is -0.123. The van der Waals surface area contributed by atoms with E-state index in [4.69, 9.17) is 9.47 Å². The van der Waals surface area contributed by atoms with Crippen LogP contribution in [0.2, 0.25) is 0 Å². The molecule has 0 bridgehead atoms. The van der Waals surface area contributed by atoms with Gasteiger partial charge in [0.1, 0.15) is 11.6 Å². The number of amides is 1. The lowest BCUT2D eigenvalue weighted by atomic mass is 9.85. The van der Waals surface area contributed by atoms with E-state index in [1.165, 1.54) is 6.07 Å². The van der Waals surface area contributed by atoms with Gasteiger partial charge < -0.3 is 14.8 Å². The molecule has 168 valence electrons. The molecule has 4 nitrogen and oxygen atoms in total. The Morgan fingerprint density at radius 3 is 2.32 bits per heavy atom. The van der Waals surface area contributed by atoms with Crippen LogP contribution in [0.15, 0.2) is 36.4 Å². The van der Waals surface area contributed by atoms with E-state index in [0.29, 0.717) is 31.6 Å². The van der Waals surface area contributed by atoms with Gasteiger partial charge in [0.15, 0.2) is 0 Å². The molecule has 1 amide bonds. The summed E-state index contributed by atoms with van der Waals surface area (Å²) in [4.78, 5) is 12.4. The van der Waals surface area contributed by atoms with Crippen molar-refractivity contribution >= 4 is 11.6 Å². The van der Waals surface area contributed by atoms with Crippen LogP contribution in [0.1, 0.15) is 50.3 Å². The molecule has 0 spiro atoms. The van der Waals surface area contributed by atoms with Gasteiger partial charge in [-0.05, 0) is 35.6 Å². The van der Waals surface area contributed by atoms with Crippen LogP contribution < -0.4 is 5.32 Å². The molecule has 0 radical (unpaired) electrons. The fourth-order valence-corrected chi connectivity index (χ4v) is 3.83. The molecule has 1 aliphatic heterocycles. The third-order valence-corrected chi connectivity index (χ3v) is 5.91. The van der Waals surface area contributed by atoms with Crippen LogP contribution in [-0.2, 0) is 32.7 Å². The molecule has 1 aliphatic rings. The van der Waals surface area contributed by atoms with E-state index < -0.39 is 17.0 Å². The summed E-state index contributed by atoms with van der Waals surface area (Å²) in [6, 6.07) is 10.2. The van der Waals surface area contributed by atoms with Gasteiger partial charge in [-0.15, -0.1) is 0 Å². The van der Waals surface area contributed by atoms with Crippen LogP contribution in [-0.4, -0.2) is 26.2 Å². The number of carbonyl (C=O) groups excluding carboxylic acids is 1. The molecule has 1 saturated heterocycles. The highest BCUT2D eigenvalue weighted by molar-refractivity contribution is 5.95. The van der Waals surface area contributed by atoms with Crippen molar-refractivity contribution in [3.8, 4) is 0 Å². The summed E-state index contributed by atoms with van der Waals surface area (Å²) in [5.41, 5.74) is 1.63. The molecule has 0 atom stereocenters. The molecule has 3 rings (SSSR count). The van der Waals surface area contributed by atoms with Crippen LogP contribution in [0, 0.1) is 17.0 Å². The monoisotopic (exact) mass is 431 g/mol. The number of aryl methyl sites for hydroxylation is 2. The molecule has 0 unspecified atom stereocenters. The Hall–Kier alpha value is -2.31. The Bertz CT molecular complexity index is 914. The lowest BCUT2D eigenvalue weighted by Crippen LogP contribution is -2.35. The zero-order valence-electron chi connectivity index (χ0n) is 18.7. The first kappa shape index (κ1) is 23.4. The Labute approximate surface area is 182 Å². The summed E-state index contributed by atoms with van der Waals surface area (Å²) in [5.74, 6) is -1.73.